The summed E-state index contributed by atoms with van der Waals surface area (Å²) in [5.41, 5.74) is 0. The smallest absolute Gasteiger partial charge is 0.219 e. The Kier molecular flexibility index (Phi) is 4.22. The average molecular weight is 184 g/mol. The summed E-state index contributed by atoms with van der Waals surface area (Å²) in [7, 11) is 0. The molecule has 1 rings (SSSR count). The summed E-state index contributed by atoms with van der Waals surface area (Å²) in [6.45, 7) is 8.43. The van der Waals surface area contributed by atoms with Gasteiger partial charge in [0.2, 0.25) is 5.91 Å². The van der Waals surface area contributed by atoms with Crippen molar-refractivity contribution in [1.29, 1.82) is 0 Å². The Labute approximate surface area is 80.5 Å². The number of nitrogens with zero attached hydrogens (tertiary/aromatic N) is 1. The predicted octanol–water partition coefficient (Wildman–Crippen LogP) is 0.854. The van der Waals surface area contributed by atoms with Crippen LogP contribution in [0, 0.1) is 5.92 Å². The van der Waals surface area contributed by atoms with E-state index in [1.807, 2.05) is 6.92 Å². The van der Waals surface area contributed by atoms with E-state index in [2.05, 4.69) is 17.1 Å². The van der Waals surface area contributed by atoms with Gasteiger partial charge in [-0.1, -0.05) is 13.8 Å². The highest BCUT2D eigenvalue weighted by Gasteiger charge is 2.20. The Bertz CT molecular complexity index is 170. The van der Waals surface area contributed by atoms with Gasteiger partial charge < -0.3 is 10.2 Å². The highest BCUT2D eigenvalue weighted by Crippen LogP contribution is 2.14. The van der Waals surface area contributed by atoms with Gasteiger partial charge >= 0.3 is 0 Å². The Hall–Kier alpha value is -0.570. The molecule has 0 aromatic rings. The van der Waals surface area contributed by atoms with Gasteiger partial charge in [-0.2, -0.15) is 0 Å². The van der Waals surface area contributed by atoms with Crippen LogP contribution in [0.4, 0.5) is 0 Å². The molecule has 1 fully saturated rings. The summed E-state index contributed by atoms with van der Waals surface area (Å²) < 4.78 is 0. The zero-order chi connectivity index (χ0) is 9.68. The molecule has 1 aliphatic rings. The molecule has 0 aliphatic carbocycles. The van der Waals surface area contributed by atoms with E-state index in [9.17, 15) is 4.79 Å². The number of hydrogen-bond donors (Lipinski definition) is 1. The van der Waals surface area contributed by atoms with Gasteiger partial charge in [-0.05, 0) is 25.4 Å². The molecule has 1 amide bonds. The largest absolute Gasteiger partial charge is 0.356 e. The first-order valence-corrected chi connectivity index (χ1v) is 5.25. The average Bonchev–Trinajstić information content (AvgIpc) is 2.61. The maximum absolute atomic E-state index is 11.0. The molecule has 1 N–H and O–H groups in total. The highest BCUT2D eigenvalue weighted by atomic mass is 16.1. The first kappa shape index (κ1) is 10.5. The highest BCUT2D eigenvalue weighted by molar-refractivity contribution is 5.75. The van der Waals surface area contributed by atoms with E-state index in [4.69, 9.17) is 0 Å². The molecule has 1 heterocycles. The number of likely N-dealkylation sites (tertiary alicyclic amines) is 1. The van der Waals surface area contributed by atoms with Gasteiger partial charge in [0.15, 0.2) is 0 Å². The molecule has 1 saturated heterocycles. The fourth-order valence-corrected chi connectivity index (χ4v) is 1.75. The van der Waals surface area contributed by atoms with Crippen molar-refractivity contribution in [3.8, 4) is 0 Å². The summed E-state index contributed by atoms with van der Waals surface area (Å²) in [5.74, 6) is 0.852. The molecule has 1 atom stereocenters. The van der Waals surface area contributed by atoms with E-state index < -0.39 is 0 Å². The first-order valence-electron chi connectivity index (χ1n) is 5.25. The van der Waals surface area contributed by atoms with Gasteiger partial charge in [0.1, 0.15) is 0 Å². The van der Waals surface area contributed by atoms with E-state index in [0.717, 1.165) is 19.6 Å². The number of carbonyl (C=O) groups is 1. The molecule has 0 saturated carbocycles. The molecule has 3 heteroatoms. The molecule has 1 unspecified atom stereocenters. The Balaban J connectivity index is 2.13. The van der Waals surface area contributed by atoms with E-state index >= 15 is 0 Å². The number of nitrogens with one attached hydrogen (secondary N) is 1. The number of hydrogen-bond acceptors (Lipinski definition) is 2. The van der Waals surface area contributed by atoms with Crippen molar-refractivity contribution in [1.82, 2.24) is 10.2 Å². The van der Waals surface area contributed by atoms with E-state index in [1.165, 1.54) is 13.0 Å². The molecule has 3 nitrogen and oxygen atoms in total. The van der Waals surface area contributed by atoms with E-state index in [1.54, 1.807) is 0 Å². The van der Waals surface area contributed by atoms with Crippen LogP contribution in [-0.2, 0) is 4.79 Å². The molecule has 1 aliphatic heterocycles. The molecule has 13 heavy (non-hydrogen) atoms. The van der Waals surface area contributed by atoms with Crippen molar-refractivity contribution in [3.05, 3.63) is 0 Å². The topological polar surface area (TPSA) is 32.3 Å². The second kappa shape index (κ2) is 5.22. The van der Waals surface area contributed by atoms with E-state index in [0.29, 0.717) is 12.3 Å². The molecule has 76 valence electrons. The van der Waals surface area contributed by atoms with Gasteiger partial charge in [0, 0.05) is 19.5 Å². The summed E-state index contributed by atoms with van der Waals surface area (Å²) in [6.07, 6.45) is 1.84. The van der Waals surface area contributed by atoms with Gasteiger partial charge in [0.05, 0.1) is 0 Å². The molecule has 0 spiro atoms. The van der Waals surface area contributed by atoms with Crippen LogP contribution in [-0.4, -0.2) is 37.0 Å². The monoisotopic (exact) mass is 184 g/mol. The normalized spacial score (nSPS) is 23.4. The molecule has 0 aromatic heterocycles. The minimum atomic E-state index is 0.176. The van der Waals surface area contributed by atoms with Crippen molar-refractivity contribution in [2.45, 2.75) is 26.7 Å². The second-order valence-corrected chi connectivity index (χ2v) is 3.71. The molecular formula is C10H20N2O. The maximum atomic E-state index is 11.0. The first-order chi connectivity index (χ1) is 6.26. The van der Waals surface area contributed by atoms with Crippen LogP contribution in [0.15, 0.2) is 0 Å². The molecule has 0 bridgehead atoms. The third-order valence-electron chi connectivity index (χ3n) is 2.73. The number of carbonyl (C=O) groups excluding carboxylic acids is 1. The fraction of sp³-hybridized carbons (Fsp3) is 0.900. The van der Waals surface area contributed by atoms with Crippen LogP contribution >= 0.6 is 0 Å². The van der Waals surface area contributed by atoms with Crippen molar-refractivity contribution in [3.63, 3.8) is 0 Å². The third kappa shape index (κ3) is 3.35. The van der Waals surface area contributed by atoms with Crippen LogP contribution in [0.3, 0.4) is 0 Å². The van der Waals surface area contributed by atoms with Crippen molar-refractivity contribution in [2.24, 2.45) is 5.92 Å². The maximum Gasteiger partial charge on any atom is 0.219 e. The summed E-state index contributed by atoms with van der Waals surface area (Å²) in [6, 6.07) is 0. The van der Waals surface area contributed by atoms with Crippen molar-refractivity contribution in [2.75, 3.05) is 26.2 Å². The Morgan fingerprint density at radius 2 is 2.31 bits per heavy atom. The van der Waals surface area contributed by atoms with Crippen LogP contribution in [0.2, 0.25) is 0 Å². The third-order valence-corrected chi connectivity index (χ3v) is 2.73. The Morgan fingerprint density at radius 1 is 1.54 bits per heavy atom. The lowest BCUT2D eigenvalue weighted by atomic mass is 10.1. The zero-order valence-electron chi connectivity index (χ0n) is 8.68. The molecule has 0 radical (unpaired) electrons. The lowest BCUT2D eigenvalue weighted by Gasteiger charge is -2.13. The van der Waals surface area contributed by atoms with Crippen LogP contribution in [0.25, 0.3) is 0 Å². The van der Waals surface area contributed by atoms with Crippen molar-refractivity contribution < 1.29 is 4.79 Å². The van der Waals surface area contributed by atoms with Gasteiger partial charge in [-0.25, -0.2) is 0 Å². The minimum Gasteiger partial charge on any atom is -0.356 e. The number of rotatable bonds is 4. The van der Waals surface area contributed by atoms with Crippen LogP contribution < -0.4 is 5.32 Å². The van der Waals surface area contributed by atoms with Gasteiger partial charge in [-0.15, -0.1) is 0 Å². The quantitative estimate of drug-likeness (QED) is 0.702. The fourth-order valence-electron chi connectivity index (χ4n) is 1.75. The molecular weight excluding hydrogens is 164 g/mol. The van der Waals surface area contributed by atoms with Gasteiger partial charge in [0.25, 0.3) is 0 Å². The summed E-state index contributed by atoms with van der Waals surface area (Å²) >= 11 is 0. The van der Waals surface area contributed by atoms with Crippen molar-refractivity contribution >= 4 is 5.91 Å². The van der Waals surface area contributed by atoms with Crippen LogP contribution in [0.1, 0.15) is 26.7 Å². The summed E-state index contributed by atoms with van der Waals surface area (Å²) in [4.78, 5) is 13.4. The van der Waals surface area contributed by atoms with E-state index in [-0.39, 0.29) is 5.91 Å². The summed E-state index contributed by atoms with van der Waals surface area (Å²) in [5, 5.41) is 2.95. The molecule has 0 aromatic carbocycles. The Morgan fingerprint density at radius 3 is 2.85 bits per heavy atom. The predicted molar refractivity (Wildman–Crippen MR) is 53.5 cm³/mol. The number of amides is 1. The van der Waals surface area contributed by atoms with Gasteiger partial charge in [-0.3, -0.25) is 4.79 Å². The minimum absolute atomic E-state index is 0.176. The standard InChI is InChI=1S/C10H20N2O/c1-3-10(13)11-7-9-5-6-12(4-2)8-9/h9H,3-8H2,1-2H3,(H,11,13). The SMILES string of the molecule is CCC(=O)NCC1CCN(CC)C1. The van der Waals surface area contributed by atoms with Crippen LogP contribution in [0.5, 0.6) is 0 Å². The second-order valence-electron chi connectivity index (χ2n) is 3.71. The lowest BCUT2D eigenvalue weighted by molar-refractivity contribution is -0.120. The lowest BCUT2D eigenvalue weighted by Crippen LogP contribution is -2.30. The zero-order valence-corrected chi connectivity index (χ0v) is 8.68.